The van der Waals surface area contributed by atoms with Crippen LogP contribution in [-0.4, -0.2) is 85.1 Å². The van der Waals surface area contributed by atoms with Crippen molar-refractivity contribution in [1.82, 2.24) is 20.0 Å². The minimum absolute atomic E-state index is 0. The van der Waals surface area contributed by atoms with Crippen LogP contribution in [0.5, 0.6) is 0 Å². The second kappa shape index (κ2) is 8.54. The standard InChI is InChI=1S/C13H26Cl2N4.Mn/c1-17-6-3-12-4-7-19(10-9-17)13(14,15)11-18(2)8-5-16-12;/h12,16H,3-11H2,1-2H3;/q;+2. The third kappa shape index (κ3) is 5.62. The van der Waals surface area contributed by atoms with Gasteiger partial charge in [0.05, 0.1) is 0 Å². The molecule has 0 aromatic rings. The van der Waals surface area contributed by atoms with Gasteiger partial charge in [-0.25, -0.2) is 0 Å². The van der Waals surface area contributed by atoms with Gasteiger partial charge in [-0.15, -0.1) is 0 Å². The molecule has 117 valence electrons. The van der Waals surface area contributed by atoms with Crippen molar-refractivity contribution in [3.8, 4) is 0 Å². The quantitative estimate of drug-likeness (QED) is 0.394. The molecule has 1 radical (unpaired) electrons. The van der Waals surface area contributed by atoms with Crippen LogP contribution in [-0.2, 0) is 17.1 Å². The molecule has 0 aromatic heterocycles. The van der Waals surface area contributed by atoms with Gasteiger partial charge >= 0.3 is 17.1 Å². The third-order valence-electron chi connectivity index (χ3n) is 4.21. The van der Waals surface area contributed by atoms with Gasteiger partial charge in [-0.2, -0.15) is 0 Å². The number of hydrogen-bond acceptors (Lipinski definition) is 4. The van der Waals surface area contributed by atoms with Crippen LogP contribution in [0.4, 0.5) is 0 Å². The number of halogens is 2. The van der Waals surface area contributed by atoms with E-state index in [2.05, 4.69) is 34.1 Å². The van der Waals surface area contributed by atoms with Gasteiger partial charge in [0.15, 0.2) is 4.46 Å². The molecule has 7 heteroatoms. The van der Waals surface area contributed by atoms with E-state index in [4.69, 9.17) is 23.2 Å². The van der Waals surface area contributed by atoms with Crippen LogP contribution in [0.25, 0.3) is 0 Å². The molecule has 2 atom stereocenters. The summed E-state index contributed by atoms with van der Waals surface area (Å²) in [5, 5.41) is 3.67. The zero-order valence-electron chi connectivity index (χ0n) is 12.4. The molecule has 2 aliphatic heterocycles. The Morgan fingerprint density at radius 3 is 2.40 bits per heavy atom. The summed E-state index contributed by atoms with van der Waals surface area (Å²) in [6.45, 7) is 6.75. The summed E-state index contributed by atoms with van der Waals surface area (Å²) in [5.74, 6) is 0. The summed E-state index contributed by atoms with van der Waals surface area (Å²) in [6, 6.07) is 0.568. The van der Waals surface area contributed by atoms with Gasteiger partial charge in [0.1, 0.15) is 0 Å². The molecule has 2 bridgehead atoms. The smallest absolute Gasteiger partial charge is 0.313 e. The van der Waals surface area contributed by atoms with E-state index in [1.165, 1.54) is 6.42 Å². The van der Waals surface area contributed by atoms with Crippen molar-refractivity contribution in [2.24, 2.45) is 0 Å². The van der Waals surface area contributed by atoms with Gasteiger partial charge in [0, 0.05) is 45.3 Å². The number of rotatable bonds is 0. The molecule has 0 amide bonds. The number of nitrogens with one attached hydrogen (secondary N) is 1. The third-order valence-corrected chi connectivity index (χ3v) is 4.92. The summed E-state index contributed by atoms with van der Waals surface area (Å²) in [4.78, 5) is 6.82. The SMILES string of the molecule is CN1CCC2CCN(CC1)C(Cl)(Cl)CN(C)CCN2.[Mn+2]. The van der Waals surface area contributed by atoms with Crippen LogP contribution in [0.15, 0.2) is 0 Å². The van der Waals surface area contributed by atoms with Crippen molar-refractivity contribution >= 4 is 23.2 Å². The molecule has 2 aliphatic rings. The molecular weight excluding hydrogens is 338 g/mol. The molecule has 2 heterocycles. The molecule has 1 N–H and O–H groups in total. The topological polar surface area (TPSA) is 21.8 Å². The van der Waals surface area contributed by atoms with Crippen LogP contribution >= 0.6 is 23.2 Å². The first-order valence-corrected chi connectivity index (χ1v) is 7.96. The number of hydrogen-bond donors (Lipinski definition) is 1. The second-order valence-electron chi connectivity index (χ2n) is 5.92. The Hall–Kier alpha value is 0.939. The van der Waals surface area contributed by atoms with Gasteiger partial charge in [-0.1, -0.05) is 23.2 Å². The molecule has 2 unspecified atom stereocenters. The predicted molar refractivity (Wildman–Crippen MR) is 82.0 cm³/mol. The van der Waals surface area contributed by atoms with E-state index in [0.717, 1.165) is 45.7 Å². The normalized spacial score (nSPS) is 33.6. The molecule has 2 rings (SSSR count). The maximum atomic E-state index is 6.60. The first kappa shape index (κ1) is 19.0. The van der Waals surface area contributed by atoms with Crippen molar-refractivity contribution in [2.75, 3.05) is 59.9 Å². The van der Waals surface area contributed by atoms with E-state index in [1.54, 1.807) is 0 Å². The molecule has 0 aromatic carbocycles. The largest absolute Gasteiger partial charge is 2.00 e. The van der Waals surface area contributed by atoms with E-state index < -0.39 is 4.46 Å². The van der Waals surface area contributed by atoms with E-state index in [0.29, 0.717) is 12.6 Å². The Kier molecular flexibility index (Phi) is 8.11. The summed E-state index contributed by atoms with van der Waals surface area (Å²) < 4.78 is -0.776. The minimum atomic E-state index is -0.776. The first-order chi connectivity index (χ1) is 8.97. The maximum absolute atomic E-state index is 6.60. The van der Waals surface area contributed by atoms with Gasteiger partial charge < -0.3 is 15.1 Å². The number of fused-ring (bicyclic) bond motifs is 3. The average Bonchev–Trinajstić information content (AvgIpc) is 2.41. The molecule has 4 nitrogen and oxygen atoms in total. The number of alkyl halides is 2. The Bertz CT molecular complexity index is 294. The van der Waals surface area contributed by atoms with Crippen molar-refractivity contribution in [2.45, 2.75) is 23.3 Å². The zero-order valence-corrected chi connectivity index (χ0v) is 15.1. The molecule has 0 spiro atoms. The van der Waals surface area contributed by atoms with Gasteiger partial charge in [0.25, 0.3) is 0 Å². The molecule has 20 heavy (non-hydrogen) atoms. The minimum Gasteiger partial charge on any atom is -0.313 e. The van der Waals surface area contributed by atoms with Crippen LogP contribution < -0.4 is 5.32 Å². The van der Waals surface area contributed by atoms with Crippen molar-refractivity contribution in [3.05, 3.63) is 0 Å². The van der Waals surface area contributed by atoms with Crippen LogP contribution in [0.2, 0.25) is 0 Å². The molecule has 0 saturated carbocycles. The monoisotopic (exact) mass is 363 g/mol. The Labute approximate surface area is 143 Å². The van der Waals surface area contributed by atoms with E-state index in [-0.39, 0.29) is 17.1 Å². The molecule has 0 aliphatic carbocycles. The zero-order chi connectivity index (χ0) is 13.9. The summed E-state index contributed by atoms with van der Waals surface area (Å²) in [6.07, 6.45) is 2.32. The number of nitrogens with zero attached hydrogens (tertiary/aromatic N) is 3. The van der Waals surface area contributed by atoms with Crippen molar-refractivity contribution in [1.29, 1.82) is 0 Å². The predicted octanol–water partition coefficient (Wildman–Crippen LogP) is 1.05. The van der Waals surface area contributed by atoms with Crippen LogP contribution in [0, 0.1) is 0 Å². The van der Waals surface area contributed by atoms with Crippen LogP contribution in [0.3, 0.4) is 0 Å². The Balaban J connectivity index is 0.00000200. The first-order valence-electron chi connectivity index (χ1n) is 7.21. The summed E-state index contributed by atoms with van der Waals surface area (Å²) >= 11 is 13.2. The average molecular weight is 364 g/mol. The summed E-state index contributed by atoms with van der Waals surface area (Å²) in [7, 11) is 4.26. The Morgan fingerprint density at radius 1 is 0.950 bits per heavy atom. The molecular formula is C13H26Cl2MnN4+2. The fourth-order valence-corrected chi connectivity index (χ4v) is 3.59. The van der Waals surface area contributed by atoms with E-state index in [1.807, 2.05) is 0 Å². The summed E-state index contributed by atoms with van der Waals surface area (Å²) in [5.41, 5.74) is 0. The van der Waals surface area contributed by atoms with Crippen molar-refractivity contribution in [3.63, 3.8) is 0 Å². The molecule has 2 fully saturated rings. The maximum Gasteiger partial charge on any atom is 2.00 e. The number of likely N-dealkylation sites (N-methyl/N-ethyl adjacent to an activating group) is 2. The fraction of sp³-hybridized carbons (Fsp3) is 1.00. The Morgan fingerprint density at radius 2 is 1.65 bits per heavy atom. The van der Waals surface area contributed by atoms with Crippen molar-refractivity contribution < 1.29 is 17.1 Å². The fourth-order valence-electron chi connectivity index (χ4n) is 2.84. The van der Waals surface area contributed by atoms with Gasteiger partial charge in [0.2, 0.25) is 0 Å². The van der Waals surface area contributed by atoms with Crippen LogP contribution in [0.1, 0.15) is 12.8 Å². The van der Waals surface area contributed by atoms with E-state index in [9.17, 15) is 0 Å². The van der Waals surface area contributed by atoms with E-state index >= 15 is 0 Å². The molecule has 2 saturated heterocycles. The van der Waals surface area contributed by atoms with Gasteiger partial charge in [-0.3, -0.25) is 4.90 Å². The second-order valence-corrected chi connectivity index (χ2v) is 7.37. The van der Waals surface area contributed by atoms with Gasteiger partial charge in [-0.05, 0) is 33.5 Å².